The Hall–Kier alpha value is -2.37. The fourth-order valence-corrected chi connectivity index (χ4v) is 2.07. The van der Waals surface area contributed by atoms with E-state index in [-0.39, 0.29) is 5.69 Å². The zero-order chi connectivity index (χ0) is 15.6. The van der Waals surface area contributed by atoms with Crippen LogP contribution in [0.15, 0.2) is 18.2 Å². The summed E-state index contributed by atoms with van der Waals surface area (Å²) in [5.41, 5.74) is 8.70. The maximum Gasteiger partial charge on any atom is 0.358 e. The van der Waals surface area contributed by atoms with E-state index in [2.05, 4.69) is 24.2 Å². The van der Waals surface area contributed by atoms with Crippen molar-refractivity contribution >= 4 is 11.7 Å². The third kappa shape index (κ3) is 3.21. The van der Waals surface area contributed by atoms with Crippen LogP contribution in [0.25, 0.3) is 11.3 Å². The van der Waals surface area contributed by atoms with Crippen LogP contribution in [0.5, 0.6) is 0 Å². The summed E-state index contributed by atoms with van der Waals surface area (Å²) in [5.74, 6) is -0.585. The van der Waals surface area contributed by atoms with E-state index >= 15 is 0 Å². The SMILES string of the molecule is Cc1ccc(-c2c(C(=O)O)nnn2CCC(C)C)cc1N. The summed E-state index contributed by atoms with van der Waals surface area (Å²) < 4.78 is 1.65. The highest BCUT2D eigenvalue weighted by atomic mass is 16.4. The first-order chi connectivity index (χ1) is 9.90. The third-order valence-electron chi connectivity index (χ3n) is 3.41. The molecule has 21 heavy (non-hydrogen) atoms. The van der Waals surface area contributed by atoms with Crippen molar-refractivity contribution in [3.8, 4) is 11.3 Å². The molecule has 0 unspecified atom stereocenters. The molecule has 1 aromatic carbocycles. The Morgan fingerprint density at radius 2 is 2.14 bits per heavy atom. The predicted molar refractivity (Wildman–Crippen MR) is 81.0 cm³/mol. The van der Waals surface area contributed by atoms with Gasteiger partial charge in [-0.15, -0.1) is 5.10 Å². The summed E-state index contributed by atoms with van der Waals surface area (Å²) >= 11 is 0. The molecule has 0 radical (unpaired) electrons. The molecule has 0 aliphatic heterocycles. The lowest BCUT2D eigenvalue weighted by atomic mass is 10.1. The van der Waals surface area contributed by atoms with E-state index in [9.17, 15) is 9.90 Å². The van der Waals surface area contributed by atoms with Gasteiger partial charge in [0.25, 0.3) is 0 Å². The van der Waals surface area contributed by atoms with Gasteiger partial charge in [0.1, 0.15) is 5.69 Å². The van der Waals surface area contributed by atoms with Crippen LogP contribution in [0.1, 0.15) is 36.3 Å². The summed E-state index contributed by atoms with van der Waals surface area (Å²) in [6.07, 6.45) is 0.900. The zero-order valence-corrected chi connectivity index (χ0v) is 12.5. The Morgan fingerprint density at radius 1 is 1.43 bits per heavy atom. The molecule has 2 aromatic rings. The van der Waals surface area contributed by atoms with Crippen LogP contribution in [0, 0.1) is 12.8 Å². The summed E-state index contributed by atoms with van der Waals surface area (Å²) in [4.78, 5) is 11.4. The van der Waals surface area contributed by atoms with Crippen LogP contribution >= 0.6 is 0 Å². The van der Waals surface area contributed by atoms with Gasteiger partial charge in [0, 0.05) is 17.8 Å². The largest absolute Gasteiger partial charge is 0.476 e. The van der Waals surface area contributed by atoms with Crippen LogP contribution in [0.3, 0.4) is 0 Å². The molecule has 1 aromatic heterocycles. The van der Waals surface area contributed by atoms with E-state index in [1.165, 1.54) is 0 Å². The molecule has 0 bridgehead atoms. The van der Waals surface area contributed by atoms with Crippen molar-refractivity contribution in [2.24, 2.45) is 5.92 Å². The van der Waals surface area contributed by atoms with Crippen LogP contribution in [-0.4, -0.2) is 26.1 Å². The van der Waals surface area contributed by atoms with Gasteiger partial charge in [-0.1, -0.05) is 31.2 Å². The summed E-state index contributed by atoms with van der Waals surface area (Å²) in [6, 6.07) is 5.49. The molecule has 2 rings (SSSR count). The van der Waals surface area contributed by atoms with Crippen molar-refractivity contribution in [3.05, 3.63) is 29.5 Å². The van der Waals surface area contributed by atoms with E-state index in [1.54, 1.807) is 10.7 Å². The Kier molecular flexibility index (Phi) is 4.26. The molecule has 0 fully saturated rings. The van der Waals surface area contributed by atoms with Gasteiger partial charge in [0.15, 0.2) is 5.69 Å². The average molecular weight is 288 g/mol. The van der Waals surface area contributed by atoms with Crippen molar-refractivity contribution in [3.63, 3.8) is 0 Å². The lowest BCUT2D eigenvalue weighted by Gasteiger charge is -2.10. The van der Waals surface area contributed by atoms with Gasteiger partial charge in [-0.05, 0) is 30.9 Å². The number of benzene rings is 1. The number of aryl methyl sites for hydroxylation is 2. The lowest BCUT2D eigenvalue weighted by Crippen LogP contribution is -2.07. The minimum absolute atomic E-state index is 0.0398. The number of carbonyl (C=O) groups is 1. The molecule has 1 heterocycles. The molecule has 6 nitrogen and oxygen atoms in total. The molecule has 0 aliphatic carbocycles. The maximum absolute atomic E-state index is 11.4. The second kappa shape index (κ2) is 5.95. The first kappa shape index (κ1) is 15.0. The topological polar surface area (TPSA) is 94.0 Å². The van der Waals surface area contributed by atoms with Crippen LogP contribution < -0.4 is 5.73 Å². The van der Waals surface area contributed by atoms with Crippen molar-refractivity contribution in [2.75, 3.05) is 5.73 Å². The molecular weight excluding hydrogens is 268 g/mol. The van der Waals surface area contributed by atoms with Gasteiger partial charge in [-0.25, -0.2) is 9.48 Å². The maximum atomic E-state index is 11.4. The molecule has 0 spiro atoms. The number of nitrogens with two attached hydrogens (primary N) is 1. The van der Waals surface area contributed by atoms with E-state index in [1.807, 2.05) is 19.1 Å². The number of nitrogen functional groups attached to an aromatic ring is 1. The Balaban J connectivity index is 2.49. The third-order valence-corrected chi connectivity index (χ3v) is 3.41. The number of nitrogens with zero attached hydrogens (tertiary/aromatic N) is 3. The van der Waals surface area contributed by atoms with Gasteiger partial charge < -0.3 is 10.8 Å². The number of hydrogen-bond donors (Lipinski definition) is 2. The molecule has 0 amide bonds. The van der Waals surface area contributed by atoms with Gasteiger partial charge in [0.2, 0.25) is 0 Å². The number of rotatable bonds is 5. The standard InChI is InChI=1S/C15H20N4O2/c1-9(2)6-7-19-14(13(15(20)21)17-18-19)11-5-4-10(3)12(16)8-11/h4-5,8-9H,6-7,16H2,1-3H3,(H,20,21). The van der Waals surface area contributed by atoms with Crippen LogP contribution in [0.4, 0.5) is 5.69 Å². The molecule has 0 saturated heterocycles. The van der Waals surface area contributed by atoms with Crippen LogP contribution in [-0.2, 0) is 6.54 Å². The van der Waals surface area contributed by atoms with E-state index in [4.69, 9.17) is 5.73 Å². The van der Waals surface area contributed by atoms with Gasteiger partial charge in [-0.2, -0.15) is 0 Å². The number of aromatic carboxylic acids is 1. The predicted octanol–water partition coefficient (Wildman–Crippen LogP) is 2.58. The number of carboxylic acids is 1. The van der Waals surface area contributed by atoms with Crippen molar-refractivity contribution in [1.82, 2.24) is 15.0 Å². The van der Waals surface area contributed by atoms with Crippen LogP contribution in [0.2, 0.25) is 0 Å². The molecule has 0 aliphatic rings. The number of aromatic nitrogens is 3. The molecule has 112 valence electrons. The van der Waals surface area contributed by atoms with Crippen molar-refractivity contribution in [2.45, 2.75) is 33.7 Å². The monoisotopic (exact) mass is 288 g/mol. The fourth-order valence-electron chi connectivity index (χ4n) is 2.07. The summed E-state index contributed by atoms with van der Waals surface area (Å²) in [7, 11) is 0. The Bertz CT molecular complexity index is 662. The lowest BCUT2D eigenvalue weighted by molar-refractivity contribution is 0.0691. The quantitative estimate of drug-likeness (QED) is 0.825. The zero-order valence-electron chi connectivity index (χ0n) is 12.5. The highest BCUT2D eigenvalue weighted by Gasteiger charge is 2.21. The minimum Gasteiger partial charge on any atom is -0.476 e. The number of carboxylic acid groups (broad SMARTS) is 1. The second-order valence-corrected chi connectivity index (χ2v) is 5.57. The minimum atomic E-state index is -1.08. The Labute approximate surface area is 123 Å². The molecule has 6 heteroatoms. The van der Waals surface area contributed by atoms with E-state index < -0.39 is 5.97 Å². The summed E-state index contributed by atoms with van der Waals surface area (Å²) in [6.45, 7) is 6.75. The van der Waals surface area contributed by atoms with Gasteiger partial charge in [-0.3, -0.25) is 0 Å². The van der Waals surface area contributed by atoms with E-state index in [0.29, 0.717) is 23.8 Å². The van der Waals surface area contributed by atoms with Crippen molar-refractivity contribution < 1.29 is 9.90 Å². The number of anilines is 1. The highest BCUT2D eigenvalue weighted by molar-refractivity contribution is 5.93. The van der Waals surface area contributed by atoms with Gasteiger partial charge >= 0.3 is 5.97 Å². The molecule has 0 atom stereocenters. The first-order valence-electron chi connectivity index (χ1n) is 6.93. The summed E-state index contributed by atoms with van der Waals surface area (Å²) in [5, 5.41) is 17.1. The second-order valence-electron chi connectivity index (χ2n) is 5.57. The number of hydrogen-bond acceptors (Lipinski definition) is 4. The van der Waals surface area contributed by atoms with Crippen molar-refractivity contribution in [1.29, 1.82) is 0 Å². The molecule has 3 N–H and O–H groups in total. The smallest absolute Gasteiger partial charge is 0.358 e. The average Bonchev–Trinajstić information content (AvgIpc) is 2.83. The van der Waals surface area contributed by atoms with Gasteiger partial charge in [0.05, 0.1) is 0 Å². The normalized spacial score (nSPS) is 11.0. The molecular formula is C15H20N4O2. The van der Waals surface area contributed by atoms with E-state index in [0.717, 1.165) is 17.5 Å². The highest BCUT2D eigenvalue weighted by Crippen LogP contribution is 2.26. The Morgan fingerprint density at radius 3 is 2.71 bits per heavy atom. The first-order valence-corrected chi connectivity index (χ1v) is 6.93. The fraction of sp³-hybridized carbons (Fsp3) is 0.400. The molecule has 0 saturated carbocycles.